The Morgan fingerprint density at radius 3 is 2.73 bits per heavy atom. The van der Waals surface area contributed by atoms with E-state index in [2.05, 4.69) is 26.2 Å². The van der Waals surface area contributed by atoms with E-state index in [1.54, 1.807) is 34.6 Å². The molecular formula is C20H21N5O3S2. The van der Waals surface area contributed by atoms with Crippen LogP contribution < -0.4 is 9.62 Å². The fourth-order valence-corrected chi connectivity index (χ4v) is 5.23. The Balaban J connectivity index is 1.44. The predicted octanol–water partition coefficient (Wildman–Crippen LogP) is 2.12. The maximum atomic E-state index is 12.9. The molecule has 4 rings (SSSR count). The van der Waals surface area contributed by atoms with E-state index in [1.165, 1.54) is 18.2 Å². The number of carbonyl (C=O) groups excluding carboxylic acids is 1. The first kappa shape index (κ1) is 20.5. The molecule has 10 heteroatoms. The smallest absolute Gasteiger partial charge is 0.254 e. The average molecular weight is 444 g/mol. The number of hydrogen-bond donors (Lipinski definition) is 1. The number of hydrogen-bond acceptors (Lipinski definition) is 7. The lowest BCUT2D eigenvalue weighted by Gasteiger charge is -2.34. The summed E-state index contributed by atoms with van der Waals surface area (Å²) in [5, 5.41) is 0.900. The third-order valence-corrected chi connectivity index (χ3v) is 7.26. The van der Waals surface area contributed by atoms with Gasteiger partial charge in [-0.25, -0.2) is 23.1 Å². The lowest BCUT2D eigenvalue weighted by molar-refractivity contribution is 0.0746. The van der Waals surface area contributed by atoms with Crippen molar-refractivity contribution < 1.29 is 13.2 Å². The van der Waals surface area contributed by atoms with Gasteiger partial charge in [0, 0.05) is 44.5 Å². The molecule has 0 bridgehead atoms. The van der Waals surface area contributed by atoms with Gasteiger partial charge >= 0.3 is 0 Å². The van der Waals surface area contributed by atoms with Crippen molar-refractivity contribution in [2.45, 2.75) is 4.90 Å². The molecule has 8 nitrogen and oxygen atoms in total. The number of fused-ring (bicyclic) bond motifs is 1. The van der Waals surface area contributed by atoms with Crippen LogP contribution in [-0.4, -0.2) is 61.9 Å². The minimum atomic E-state index is -3.68. The Labute approximate surface area is 178 Å². The van der Waals surface area contributed by atoms with Crippen molar-refractivity contribution in [3.05, 3.63) is 60.8 Å². The van der Waals surface area contributed by atoms with Crippen molar-refractivity contribution in [2.75, 3.05) is 37.6 Å². The van der Waals surface area contributed by atoms with Crippen LogP contribution in [-0.2, 0) is 10.0 Å². The van der Waals surface area contributed by atoms with Crippen molar-refractivity contribution in [3.8, 4) is 0 Å². The van der Waals surface area contributed by atoms with Gasteiger partial charge in [-0.3, -0.25) is 4.79 Å². The van der Waals surface area contributed by atoms with Gasteiger partial charge in [-0.1, -0.05) is 23.5 Å². The van der Waals surface area contributed by atoms with E-state index in [-0.39, 0.29) is 17.3 Å². The lowest BCUT2D eigenvalue weighted by Crippen LogP contribution is -2.48. The van der Waals surface area contributed by atoms with Gasteiger partial charge in [0.2, 0.25) is 10.0 Å². The molecule has 0 atom stereocenters. The van der Waals surface area contributed by atoms with E-state index in [9.17, 15) is 13.2 Å². The van der Waals surface area contributed by atoms with Crippen molar-refractivity contribution in [1.82, 2.24) is 19.6 Å². The van der Waals surface area contributed by atoms with Crippen LogP contribution in [0.15, 0.2) is 60.1 Å². The normalized spacial score (nSPS) is 14.8. The lowest BCUT2D eigenvalue weighted by atomic mass is 10.2. The van der Waals surface area contributed by atoms with Gasteiger partial charge in [0.1, 0.15) is 10.3 Å². The molecule has 0 radical (unpaired) electrons. The Bertz CT molecular complexity index is 1150. The third-order valence-electron chi connectivity index (χ3n) is 4.80. The summed E-state index contributed by atoms with van der Waals surface area (Å²) in [4.78, 5) is 26.7. The van der Waals surface area contributed by atoms with Crippen LogP contribution in [0.3, 0.4) is 0 Å². The van der Waals surface area contributed by atoms with Crippen molar-refractivity contribution in [1.29, 1.82) is 0 Å². The topological polar surface area (TPSA) is 95.5 Å². The first-order chi connectivity index (χ1) is 14.5. The van der Waals surface area contributed by atoms with E-state index in [1.807, 2.05) is 12.1 Å². The van der Waals surface area contributed by atoms with Gasteiger partial charge in [0.15, 0.2) is 5.13 Å². The fourth-order valence-electron chi connectivity index (χ4n) is 3.23. The highest BCUT2D eigenvalue weighted by molar-refractivity contribution is 7.89. The van der Waals surface area contributed by atoms with Gasteiger partial charge in [-0.15, -0.1) is 6.58 Å². The second kappa shape index (κ2) is 8.50. The molecule has 3 heterocycles. The van der Waals surface area contributed by atoms with Gasteiger partial charge in [-0.2, -0.15) is 0 Å². The zero-order valence-corrected chi connectivity index (χ0v) is 17.8. The van der Waals surface area contributed by atoms with E-state index in [4.69, 9.17) is 0 Å². The van der Waals surface area contributed by atoms with Crippen LogP contribution >= 0.6 is 11.3 Å². The number of amides is 1. The molecule has 1 N–H and O–H groups in total. The van der Waals surface area contributed by atoms with E-state index >= 15 is 0 Å². The SMILES string of the molecule is C=CCNS(=O)(=O)c1cccc(C(=O)N2CCN(c3nc4cccnc4s3)CC2)c1. The van der Waals surface area contributed by atoms with Gasteiger partial charge < -0.3 is 9.80 Å². The Morgan fingerprint density at radius 1 is 1.20 bits per heavy atom. The highest BCUT2D eigenvalue weighted by Crippen LogP contribution is 2.27. The monoisotopic (exact) mass is 443 g/mol. The third kappa shape index (κ3) is 4.20. The molecule has 0 saturated carbocycles. The largest absolute Gasteiger partial charge is 0.344 e. The molecule has 0 unspecified atom stereocenters. The van der Waals surface area contributed by atoms with Gasteiger partial charge in [0.05, 0.1) is 4.90 Å². The van der Waals surface area contributed by atoms with Crippen LogP contribution in [0.2, 0.25) is 0 Å². The summed E-state index contributed by atoms with van der Waals surface area (Å²) in [5.74, 6) is -0.179. The molecule has 156 valence electrons. The van der Waals surface area contributed by atoms with Crippen LogP contribution in [0.25, 0.3) is 10.3 Å². The number of anilines is 1. The molecule has 1 fully saturated rings. The number of rotatable bonds is 6. The Kier molecular flexibility index (Phi) is 5.80. The highest BCUT2D eigenvalue weighted by atomic mass is 32.2. The Hall–Kier alpha value is -2.82. The first-order valence-electron chi connectivity index (χ1n) is 9.44. The maximum absolute atomic E-state index is 12.9. The summed E-state index contributed by atoms with van der Waals surface area (Å²) < 4.78 is 27.0. The summed E-state index contributed by atoms with van der Waals surface area (Å²) in [5.41, 5.74) is 1.23. The molecule has 1 aliphatic heterocycles. The Morgan fingerprint density at radius 2 is 2.00 bits per heavy atom. The number of aromatic nitrogens is 2. The van der Waals surface area contributed by atoms with Crippen LogP contribution in [0.1, 0.15) is 10.4 Å². The molecule has 1 amide bonds. The van der Waals surface area contributed by atoms with Crippen molar-refractivity contribution >= 4 is 42.7 Å². The standard InChI is InChI=1S/C20H21N5O3S2/c1-2-8-22-30(27,28)16-6-3-5-15(14-16)19(26)24-10-12-25(13-11-24)20-23-17-7-4-9-21-18(17)29-20/h2-7,9,14,22H,1,8,10-13H2. The summed E-state index contributed by atoms with van der Waals surface area (Å²) in [6, 6.07) is 9.91. The molecule has 0 aliphatic carbocycles. The second-order valence-corrected chi connectivity index (χ2v) is 9.49. The number of benzene rings is 1. The second-order valence-electron chi connectivity index (χ2n) is 6.77. The van der Waals surface area contributed by atoms with Crippen molar-refractivity contribution in [2.24, 2.45) is 0 Å². The number of carbonyl (C=O) groups is 1. The summed E-state index contributed by atoms with van der Waals surface area (Å²) in [7, 11) is -3.68. The van der Waals surface area contributed by atoms with Crippen LogP contribution in [0.5, 0.6) is 0 Å². The minimum Gasteiger partial charge on any atom is -0.344 e. The van der Waals surface area contributed by atoms with Gasteiger partial charge in [-0.05, 0) is 30.3 Å². The molecule has 3 aromatic rings. The summed E-state index contributed by atoms with van der Waals surface area (Å²) >= 11 is 1.54. The van der Waals surface area contributed by atoms with E-state index < -0.39 is 10.0 Å². The molecule has 1 aromatic carbocycles. The van der Waals surface area contributed by atoms with Gasteiger partial charge in [0.25, 0.3) is 5.91 Å². The zero-order valence-electron chi connectivity index (χ0n) is 16.2. The number of thiazole rings is 1. The molecular weight excluding hydrogens is 422 g/mol. The fraction of sp³-hybridized carbons (Fsp3) is 0.250. The number of nitrogens with one attached hydrogen (secondary N) is 1. The number of pyridine rings is 1. The predicted molar refractivity (Wildman–Crippen MR) is 117 cm³/mol. The molecule has 1 aliphatic rings. The molecule has 2 aromatic heterocycles. The van der Waals surface area contributed by atoms with Crippen LogP contribution in [0, 0.1) is 0 Å². The maximum Gasteiger partial charge on any atom is 0.254 e. The first-order valence-corrected chi connectivity index (χ1v) is 11.7. The molecule has 30 heavy (non-hydrogen) atoms. The number of nitrogens with zero attached hydrogens (tertiary/aromatic N) is 4. The molecule has 1 saturated heterocycles. The zero-order chi connectivity index (χ0) is 21.1. The summed E-state index contributed by atoms with van der Waals surface area (Å²) in [6.07, 6.45) is 3.22. The van der Waals surface area contributed by atoms with Crippen LogP contribution in [0.4, 0.5) is 5.13 Å². The molecule has 0 spiro atoms. The number of sulfonamides is 1. The average Bonchev–Trinajstić information content (AvgIpc) is 3.22. The van der Waals surface area contributed by atoms with E-state index in [0.29, 0.717) is 31.7 Å². The highest BCUT2D eigenvalue weighted by Gasteiger charge is 2.25. The minimum absolute atomic E-state index is 0.0656. The van der Waals surface area contributed by atoms with Crippen molar-refractivity contribution in [3.63, 3.8) is 0 Å². The van der Waals surface area contributed by atoms with E-state index in [0.717, 1.165) is 15.5 Å². The number of piperazine rings is 1. The quantitative estimate of drug-likeness (QED) is 0.587. The summed E-state index contributed by atoms with van der Waals surface area (Å²) in [6.45, 7) is 6.02.